The number of nitriles is 1. The first-order valence-electron chi connectivity index (χ1n) is 5.35. The lowest BCUT2D eigenvalue weighted by atomic mass is 10.3. The zero-order chi connectivity index (χ0) is 11.5. The molecule has 1 aliphatic carbocycles. The third-order valence-electron chi connectivity index (χ3n) is 2.65. The molecule has 0 aromatic carbocycles. The number of rotatable bonds is 2. The Morgan fingerprint density at radius 1 is 1.50 bits per heavy atom. The normalized spacial score (nSPS) is 24.1. The molecule has 5 heteroatoms. The molecule has 0 bridgehead atoms. The molecule has 2 N–H and O–H groups in total. The first kappa shape index (κ1) is 10.8. The molecule has 0 saturated heterocycles. The van der Waals surface area contributed by atoms with Gasteiger partial charge in [0.15, 0.2) is 0 Å². The van der Waals surface area contributed by atoms with E-state index in [2.05, 4.69) is 9.97 Å². The topological polar surface area (TPSA) is 84.8 Å². The molecule has 0 aliphatic heterocycles. The van der Waals surface area contributed by atoms with Gasteiger partial charge in [0, 0.05) is 11.7 Å². The number of nitrogens with two attached hydrogens (primary N) is 1. The Balaban J connectivity index is 2.10. The highest BCUT2D eigenvalue weighted by Crippen LogP contribution is 2.21. The molecule has 16 heavy (non-hydrogen) atoms. The summed E-state index contributed by atoms with van der Waals surface area (Å²) in [5, 5.41) is 8.77. The number of nitrogens with zero attached hydrogens (tertiary/aromatic N) is 3. The summed E-state index contributed by atoms with van der Waals surface area (Å²) in [5.74, 6) is 0. The quantitative estimate of drug-likeness (QED) is 0.797. The number of hydrogen-bond acceptors (Lipinski definition) is 5. The Morgan fingerprint density at radius 2 is 2.31 bits per heavy atom. The Kier molecular flexibility index (Phi) is 3.02. The molecule has 1 saturated carbocycles. The van der Waals surface area contributed by atoms with Crippen LogP contribution < -0.4 is 10.5 Å². The lowest BCUT2D eigenvalue weighted by Gasteiger charge is -2.11. The molecular weight excluding hydrogens is 204 g/mol. The molecule has 1 aromatic rings. The molecule has 5 nitrogen and oxygen atoms in total. The van der Waals surface area contributed by atoms with Crippen LogP contribution in [0.5, 0.6) is 6.01 Å². The smallest absolute Gasteiger partial charge is 0.318 e. The average molecular weight is 218 g/mol. The van der Waals surface area contributed by atoms with Gasteiger partial charge in [-0.1, -0.05) is 0 Å². The molecule has 2 unspecified atom stereocenters. The van der Waals surface area contributed by atoms with Gasteiger partial charge in [0.25, 0.3) is 0 Å². The van der Waals surface area contributed by atoms with Crippen molar-refractivity contribution in [1.82, 2.24) is 9.97 Å². The second-order valence-electron chi connectivity index (χ2n) is 4.10. The van der Waals surface area contributed by atoms with E-state index in [1.807, 2.05) is 13.0 Å². The Bertz CT molecular complexity index is 426. The van der Waals surface area contributed by atoms with Crippen molar-refractivity contribution < 1.29 is 4.74 Å². The summed E-state index contributed by atoms with van der Waals surface area (Å²) < 4.78 is 5.62. The van der Waals surface area contributed by atoms with Crippen molar-refractivity contribution in [3.05, 3.63) is 17.5 Å². The van der Waals surface area contributed by atoms with Gasteiger partial charge in [-0.15, -0.1) is 0 Å². The first-order chi connectivity index (χ1) is 7.67. The molecule has 2 atom stereocenters. The summed E-state index contributed by atoms with van der Waals surface area (Å²) in [7, 11) is 0. The molecule has 0 radical (unpaired) electrons. The van der Waals surface area contributed by atoms with Crippen LogP contribution in [0.2, 0.25) is 0 Å². The third kappa shape index (κ3) is 2.47. The molecule has 0 spiro atoms. The molecule has 1 aromatic heterocycles. The monoisotopic (exact) mass is 218 g/mol. The van der Waals surface area contributed by atoms with Crippen LogP contribution in [-0.4, -0.2) is 22.1 Å². The predicted octanol–water partition coefficient (Wildman–Crippen LogP) is 0.915. The molecule has 2 rings (SSSR count). The summed E-state index contributed by atoms with van der Waals surface area (Å²) in [5.41, 5.74) is 6.87. The number of aromatic nitrogens is 2. The standard InChI is InChI=1S/C11H14N4O/c1-7-4-9(6-12)15-11(14-7)16-10-3-2-8(13)5-10/h4,8,10H,2-3,5,13H2,1H3. The lowest BCUT2D eigenvalue weighted by molar-refractivity contribution is 0.190. The van der Waals surface area contributed by atoms with E-state index >= 15 is 0 Å². The predicted molar refractivity (Wildman–Crippen MR) is 57.7 cm³/mol. The van der Waals surface area contributed by atoms with Gasteiger partial charge in [0.05, 0.1) is 0 Å². The minimum atomic E-state index is 0.0864. The fourth-order valence-electron chi connectivity index (χ4n) is 1.88. The largest absolute Gasteiger partial charge is 0.460 e. The Hall–Kier alpha value is -1.67. The van der Waals surface area contributed by atoms with Crippen molar-refractivity contribution in [3.8, 4) is 12.1 Å². The van der Waals surface area contributed by atoms with Crippen LogP contribution in [0.15, 0.2) is 6.07 Å². The van der Waals surface area contributed by atoms with Crippen molar-refractivity contribution in [2.24, 2.45) is 5.73 Å². The Morgan fingerprint density at radius 3 is 2.94 bits per heavy atom. The molecular formula is C11H14N4O. The van der Waals surface area contributed by atoms with E-state index in [1.165, 1.54) is 0 Å². The SMILES string of the molecule is Cc1cc(C#N)nc(OC2CCC(N)C2)n1. The zero-order valence-electron chi connectivity index (χ0n) is 9.18. The molecule has 1 aliphatic rings. The van der Waals surface area contributed by atoms with Crippen LogP contribution in [0, 0.1) is 18.3 Å². The van der Waals surface area contributed by atoms with Gasteiger partial charge in [-0.05, 0) is 32.3 Å². The van der Waals surface area contributed by atoms with Crippen LogP contribution in [0.4, 0.5) is 0 Å². The Labute approximate surface area is 94.3 Å². The summed E-state index contributed by atoms with van der Waals surface area (Å²) in [4.78, 5) is 8.15. The van der Waals surface area contributed by atoms with E-state index < -0.39 is 0 Å². The molecule has 0 amide bonds. The van der Waals surface area contributed by atoms with Crippen molar-refractivity contribution in [2.45, 2.75) is 38.3 Å². The summed E-state index contributed by atoms with van der Waals surface area (Å²) in [6.07, 6.45) is 2.82. The molecule has 1 heterocycles. The third-order valence-corrected chi connectivity index (χ3v) is 2.65. The highest BCUT2D eigenvalue weighted by molar-refractivity contribution is 5.23. The van der Waals surface area contributed by atoms with Crippen LogP contribution >= 0.6 is 0 Å². The fraction of sp³-hybridized carbons (Fsp3) is 0.545. The maximum Gasteiger partial charge on any atom is 0.318 e. The summed E-state index contributed by atoms with van der Waals surface area (Å²) in [6.45, 7) is 1.82. The van der Waals surface area contributed by atoms with E-state index in [0.29, 0.717) is 5.69 Å². The van der Waals surface area contributed by atoms with Crippen molar-refractivity contribution in [3.63, 3.8) is 0 Å². The highest BCUT2D eigenvalue weighted by atomic mass is 16.5. The van der Waals surface area contributed by atoms with E-state index in [0.717, 1.165) is 25.0 Å². The zero-order valence-corrected chi connectivity index (χ0v) is 9.18. The summed E-state index contributed by atoms with van der Waals surface area (Å²) >= 11 is 0. The van der Waals surface area contributed by atoms with E-state index in [4.69, 9.17) is 15.7 Å². The average Bonchev–Trinajstić information content (AvgIpc) is 2.63. The second-order valence-corrected chi connectivity index (χ2v) is 4.10. The highest BCUT2D eigenvalue weighted by Gasteiger charge is 2.24. The van der Waals surface area contributed by atoms with Gasteiger partial charge in [0.1, 0.15) is 17.9 Å². The van der Waals surface area contributed by atoms with Gasteiger partial charge in [-0.2, -0.15) is 10.2 Å². The van der Waals surface area contributed by atoms with E-state index in [9.17, 15) is 0 Å². The van der Waals surface area contributed by atoms with Gasteiger partial charge in [-0.3, -0.25) is 0 Å². The maximum absolute atomic E-state index is 8.77. The van der Waals surface area contributed by atoms with Crippen LogP contribution in [0.25, 0.3) is 0 Å². The van der Waals surface area contributed by atoms with Crippen LogP contribution in [0.1, 0.15) is 30.7 Å². The summed E-state index contributed by atoms with van der Waals surface area (Å²) in [6, 6.07) is 4.12. The number of aryl methyl sites for hydroxylation is 1. The van der Waals surface area contributed by atoms with E-state index in [-0.39, 0.29) is 18.2 Å². The fourth-order valence-corrected chi connectivity index (χ4v) is 1.88. The first-order valence-corrected chi connectivity index (χ1v) is 5.35. The van der Waals surface area contributed by atoms with Crippen molar-refractivity contribution in [2.75, 3.05) is 0 Å². The maximum atomic E-state index is 8.77. The minimum Gasteiger partial charge on any atom is -0.460 e. The lowest BCUT2D eigenvalue weighted by Crippen LogP contribution is -2.20. The molecule has 84 valence electrons. The van der Waals surface area contributed by atoms with Gasteiger partial charge < -0.3 is 10.5 Å². The van der Waals surface area contributed by atoms with Gasteiger partial charge in [0.2, 0.25) is 0 Å². The van der Waals surface area contributed by atoms with Crippen LogP contribution in [-0.2, 0) is 0 Å². The molecule has 1 fully saturated rings. The number of ether oxygens (including phenoxy) is 1. The number of hydrogen-bond donors (Lipinski definition) is 1. The van der Waals surface area contributed by atoms with Crippen molar-refractivity contribution in [1.29, 1.82) is 5.26 Å². The van der Waals surface area contributed by atoms with Crippen LogP contribution in [0.3, 0.4) is 0 Å². The van der Waals surface area contributed by atoms with Gasteiger partial charge >= 0.3 is 6.01 Å². The minimum absolute atomic E-state index is 0.0864. The van der Waals surface area contributed by atoms with Gasteiger partial charge in [-0.25, -0.2) is 4.98 Å². The van der Waals surface area contributed by atoms with E-state index in [1.54, 1.807) is 6.07 Å². The van der Waals surface area contributed by atoms with Crippen molar-refractivity contribution >= 4 is 0 Å². The second kappa shape index (κ2) is 4.45.